The highest BCUT2D eigenvalue weighted by atomic mass is 32.1. The van der Waals surface area contributed by atoms with E-state index in [2.05, 4.69) is 10.6 Å². The molecule has 1 aromatic carbocycles. The van der Waals surface area contributed by atoms with Gasteiger partial charge in [0.25, 0.3) is 0 Å². The summed E-state index contributed by atoms with van der Waals surface area (Å²) in [5.74, 6) is 0.411. The minimum atomic E-state index is -1.51. The zero-order chi connectivity index (χ0) is 23.6. The Morgan fingerprint density at radius 1 is 1.25 bits per heavy atom. The van der Waals surface area contributed by atoms with Gasteiger partial charge in [-0.05, 0) is 56.3 Å². The number of urea groups is 1. The van der Waals surface area contributed by atoms with E-state index in [1.54, 1.807) is 6.07 Å². The average Bonchev–Trinajstić information content (AvgIpc) is 3.17. The molecule has 1 aromatic heterocycles. The summed E-state index contributed by atoms with van der Waals surface area (Å²) in [4.78, 5) is 13.2. The van der Waals surface area contributed by atoms with E-state index >= 15 is 0 Å². The number of ether oxygens (including phenoxy) is 2. The topological polar surface area (TPSA) is 167 Å². The molecule has 2 amide bonds. The SMILES string of the molecule is CNC(C)c1sc(-c2ccc(OC3OC(CO)C(O)C(O)C3O)c(C)c2)cc1NC(N)=O. The van der Waals surface area contributed by atoms with Crippen LogP contribution in [0.5, 0.6) is 5.75 Å². The fourth-order valence-corrected chi connectivity index (χ4v) is 4.63. The third kappa shape index (κ3) is 5.04. The van der Waals surface area contributed by atoms with Gasteiger partial charge in [0.15, 0.2) is 0 Å². The van der Waals surface area contributed by atoms with E-state index in [0.717, 1.165) is 20.9 Å². The number of primary amides is 1. The van der Waals surface area contributed by atoms with Crippen molar-refractivity contribution in [1.82, 2.24) is 5.32 Å². The van der Waals surface area contributed by atoms with Crippen LogP contribution in [0.1, 0.15) is 23.4 Å². The Morgan fingerprint density at radius 3 is 2.56 bits per heavy atom. The average molecular weight is 468 g/mol. The van der Waals surface area contributed by atoms with Crippen molar-refractivity contribution >= 4 is 23.1 Å². The van der Waals surface area contributed by atoms with Gasteiger partial charge in [-0.3, -0.25) is 0 Å². The van der Waals surface area contributed by atoms with Crippen molar-refractivity contribution in [3.05, 3.63) is 34.7 Å². The molecule has 3 rings (SSSR count). The van der Waals surface area contributed by atoms with Crippen LogP contribution in [0.15, 0.2) is 24.3 Å². The molecule has 1 aliphatic heterocycles. The van der Waals surface area contributed by atoms with Gasteiger partial charge in [0.2, 0.25) is 6.29 Å². The first-order valence-corrected chi connectivity index (χ1v) is 10.9. The second kappa shape index (κ2) is 10.1. The van der Waals surface area contributed by atoms with Crippen LogP contribution in [0.3, 0.4) is 0 Å². The highest BCUT2D eigenvalue weighted by molar-refractivity contribution is 7.16. The molecule has 32 heavy (non-hydrogen) atoms. The van der Waals surface area contributed by atoms with Gasteiger partial charge in [-0.25, -0.2) is 4.79 Å². The van der Waals surface area contributed by atoms with Crippen molar-refractivity contribution in [2.45, 2.75) is 50.6 Å². The van der Waals surface area contributed by atoms with E-state index in [1.165, 1.54) is 11.3 Å². The Kier molecular flexibility index (Phi) is 7.72. The molecule has 176 valence electrons. The maximum absolute atomic E-state index is 11.4. The van der Waals surface area contributed by atoms with Gasteiger partial charge < -0.3 is 46.3 Å². The van der Waals surface area contributed by atoms with Crippen LogP contribution < -0.4 is 21.1 Å². The van der Waals surface area contributed by atoms with Crippen LogP contribution in [0.4, 0.5) is 10.5 Å². The fraction of sp³-hybridized carbons (Fsp3) is 0.476. The lowest BCUT2D eigenvalue weighted by Crippen LogP contribution is -2.60. The number of nitrogens with one attached hydrogen (secondary N) is 2. The van der Waals surface area contributed by atoms with Crippen molar-refractivity contribution in [2.24, 2.45) is 5.73 Å². The third-order valence-corrected chi connectivity index (χ3v) is 6.76. The molecule has 1 fully saturated rings. The Morgan fingerprint density at radius 2 is 1.97 bits per heavy atom. The Labute approximate surface area is 189 Å². The minimum Gasteiger partial charge on any atom is -0.462 e. The number of aliphatic hydroxyl groups excluding tert-OH is 4. The zero-order valence-corrected chi connectivity index (χ0v) is 18.8. The quantitative estimate of drug-likeness (QED) is 0.312. The first-order valence-electron chi connectivity index (χ1n) is 10.1. The summed E-state index contributed by atoms with van der Waals surface area (Å²) in [6, 6.07) is 6.62. The van der Waals surface area contributed by atoms with Gasteiger partial charge in [0.1, 0.15) is 30.2 Å². The number of aryl methyl sites for hydroxylation is 1. The molecular formula is C21H29N3O7S. The second-order valence-corrected chi connectivity index (χ2v) is 8.77. The molecule has 2 aromatic rings. The number of carbonyl (C=O) groups excluding carboxylic acids is 1. The standard InChI is InChI=1S/C21H29N3O7S/c1-9-6-11(15-7-12(24-21(22)29)19(32-15)10(2)23-3)4-5-13(9)30-20-18(28)17(27)16(26)14(8-25)31-20/h4-7,10,14,16-18,20,23,25-28H,8H2,1-3H3,(H3,22,24,29). The number of hydrogen-bond acceptors (Lipinski definition) is 9. The normalized spacial score (nSPS) is 26.5. The van der Waals surface area contributed by atoms with Gasteiger partial charge in [-0.15, -0.1) is 11.3 Å². The van der Waals surface area contributed by atoms with Crippen LogP contribution in [-0.2, 0) is 4.74 Å². The molecule has 6 atom stereocenters. The van der Waals surface area contributed by atoms with E-state index in [1.807, 2.05) is 39.1 Å². The van der Waals surface area contributed by atoms with Crippen LogP contribution >= 0.6 is 11.3 Å². The summed E-state index contributed by atoms with van der Waals surface area (Å²) in [7, 11) is 1.83. The predicted octanol–water partition coefficient (Wildman–Crippen LogP) is 0.673. The van der Waals surface area contributed by atoms with Crippen molar-refractivity contribution in [3.63, 3.8) is 0 Å². The third-order valence-electron chi connectivity index (χ3n) is 5.40. The smallest absolute Gasteiger partial charge is 0.316 e. The molecule has 8 N–H and O–H groups in total. The van der Waals surface area contributed by atoms with Crippen LogP contribution in [-0.4, -0.2) is 70.8 Å². The molecule has 0 bridgehead atoms. The highest BCUT2D eigenvalue weighted by Gasteiger charge is 2.44. The van der Waals surface area contributed by atoms with Crippen molar-refractivity contribution in [1.29, 1.82) is 0 Å². The maximum atomic E-state index is 11.4. The Balaban J connectivity index is 1.84. The van der Waals surface area contributed by atoms with E-state index in [4.69, 9.17) is 15.2 Å². The minimum absolute atomic E-state index is 0.00508. The van der Waals surface area contributed by atoms with Crippen molar-refractivity contribution < 1.29 is 34.7 Å². The molecule has 2 heterocycles. The van der Waals surface area contributed by atoms with Gasteiger partial charge in [0, 0.05) is 15.8 Å². The van der Waals surface area contributed by atoms with Crippen molar-refractivity contribution in [2.75, 3.05) is 19.0 Å². The number of nitrogens with two attached hydrogens (primary N) is 1. The summed E-state index contributed by atoms with van der Waals surface area (Å²) in [6.07, 6.45) is -6.76. The monoisotopic (exact) mass is 467 g/mol. The fourth-order valence-electron chi connectivity index (χ4n) is 3.46. The lowest BCUT2D eigenvalue weighted by Gasteiger charge is -2.39. The van der Waals surface area contributed by atoms with E-state index in [-0.39, 0.29) is 6.04 Å². The van der Waals surface area contributed by atoms with Crippen molar-refractivity contribution in [3.8, 4) is 16.2 Å². The highest BCUT2D eigenvalue weighted by Crippen LogP contribution is 2.39. The Hall–Kier alpha value is -2.25. The summed E-state index contributed by atoms with van der Waals surface area (Å²) >= 11 is 1.51. The van der Waals surface area contributed by atoms with E-state index in [0.29, 0.717) is 11.4 Å². The first kappa shape index (κ1) is 24.4. The van der Waals surface area contributed by atoms with Gasteiger partial charge >= 0.3 is 6.03 Å². The maximum Gasteiger partial charge on any atom is 0.316 e. The first-order chi connectivity index (χ1) is 15.2. The van der Waals surface area contributed by atoms with Crippen LogP contribution in [0.25, 0.3) is 10.4 Å². The molecule has 0 saturated carbocycles. The van der Waals surface area contributed by atoms with Gasteiger partial charge in [0.05, 0.1) is 12.3 Å². The number of rotatable bonds is 7. The summed E-state index contributed by atoms with van der Waals surface area (Å²) in [5.41, 5.74) is 7.56. The predicted molar refractivity (Wildman–Crippen MR) is 120 cm³/mol. The number of thiophene rings is 1. The Bertz CT molecular complexity index is 951. The molecule has 1 aliphatic rings. The largest absolute Gasteiger partial charge is 0.462 e. The summed E-state index contributed by atoms with van der Waals surface area (Å²) in [6.45, 7) is 3.26. The number of aliphatic hydroxyl groups is 4. The van der Waals surface area contributed by atoms with Crippen LogP contribution in [0, 0.1) is 6.92 Å². The number of anilines is 1. The zero-order valence-electron chi connectivity index (χ0n) is 18.0. The number of amides is 2. The summed E-state index contributed by atoms with van der Waals surface area (Å²) in [5, 5.41) is 45.2. The van der Waals surface area contributed by atoms with E-state index < -0.39 is 43.3 Å². The van der Waals surface area contributed by atoms with E-state index in [9.17, 15) is 25.2 Å². The number of carbonyl (C=O) groups is 1. The molecule has 0 aliphatic carbocycles. The molecular weight excluding hydrogens is 438 g/mol. The molecule has 10 nitrogen and oxygen atoms in total. The molecule has 6 unspecified atom stereocenters. The summed E-state index contributed by atoms with van der Waals surface area (Å²) < 4.78 is 11.2. The molecule has 11 heteroatoms. The lowest BCUT2D eigenvalue weighted by atomic mass is 9.99. The van der Waals surface area contributed by atoms with Gasteiger partial charge in [-0.2, -0.15) is 0 Å². The number of hydrogen-bond donors (Lipinski definition) is 7. The lowest BCUT2D eigenvalue weighted by molar-refractivity contribution is -0.277. The molecule has 1 saturated heterocycles. The number of benzene rings is 1. The molecule has 0 radical (unpaired) electrons. The van der Waals surface area contributed by atoms with Gasteiger partial charge in [-0.1, -0.05) is 0 Å². The van der Waals surface area contributed by atoms with Crippen LogP contribution in [0.2, 0.25) is 0 Å². The molecule has 0 spiro atoms. The second-order valence-electron chi connectivity index (χ2n) is 7.68.